The van der Waals surface area contributed by atoms with Gasteiger partial charge in [-0.25, -0.2) is 13.6 Å². The normalized spacial score (nSPS) is 10.9. The molecule has 3 N–H and O–H groups in total. The van der Waals surface area contributed by atoms with Gasteiger partial charge < -0.3 is 5.32 Å². The molecule has 0 bridgehead atoms. The third-order valence-electron chi connectivity index (χ3n) is 4.20. The molecule has 0 aromatic heterocycles. The largest absolute Gasteiger partial charge is 0.348 e. The molecule has 0 aliphatic carbocycles. The summed E-state index contributed by atoms with van der Waals surface area (Å²) in [4.78, 5) is 12.7. The standard InChI is InChI=1S/C21H17N3O3S/c22-13-15-5-7-16(8-6-15)14-24-21(25)20-4-2-1-3-19(20)17-9-11-18(12-10-17)28(23,26)27/h1-12H,14H2,(H,24,25)(H2,23,26,27). The molecule has 6 nitrogen and oxygen atoms in total. The Balaban J connectivity index is 1.81. The lowest BCUT2D eigenvalue weighted by atomic mass is 9.99. The molecule has 3 aromatic carbocycles. The summed E-state index contributed by atoms with van der Waals surface area (Å²) in [5, 5.41) is 16.8. The predicted octanol–water partition coefficient (Wildman–Crippen LogP) is 2.80. The third kappa shape index (κ3) is 4.43. The van der Waals surface area contributed by atoms with E-state index in [4.69, 9.17) is 10.4 Å². The van der Waals surface area contributed by atoms with E-state index in [1.807, 2.05) is 0 Å². The fourth-order valence-electron chi connectivity index (χ4n) is 2.73. The number of benzene rings is 3. The van der Waals surface area contributed by atoms with Crippen molar-refractivity contribution in [3.63, 3.8) is 0 Å². The maximum Gasteiger partial charge on any atom is 0.252 e. The molecule has 28 heavy (non-hydrogen) atoms. The maximum absolute atomic E-state index is 12.7. The van der Waals surface area contributed by atoms with Gasteiger partial charge in [-0.3, -0.25) is 4.79 Å². The van der Waals surface area contributed by atoms with Crippen molar-refractivity contribution in [1.82, 2.24) is 5.32 Å². The minimum atomic E-state index is -3.77. The molecule has 0 spiro atoms. The van der Waals surface area contributed by atoms with Crippen LogP contribution in [0.4, 0.5) is 0 Å². The molecule has 7 heteroatoms. The first-order valence-corrected chi connectivity index (χ1v) is 9.92. The highest BCUT2D eigenvalue weighted by Gasteiger charge is 2.13. The Kier molecular flexibility index (Phi) is 5.54. The Hall–Kier alpha value is -3.47. The van der Waals surface area contributed by atoms with Crippen molar-refractivity contribution in [1.29, 1.82) is 5.26 Å². The number of nitrogens with zero attached hydrogens (tertiary/aromatic N) is 1. The van der Waals surface area contributed by atoms with Gasteiger partial charge >= 0.3 is 0 Å². The first kappa shape index (κ1) is 19.3. The smallest absolute Gasteiger partial charge is 0.252 e. The van der Waals surface area contributed by atoms with Crippen LogP contribution < -0.4 is 10.5 Å². The highest BCUT2D eigenvalue weighted by atomic mass is 32.2. The van der Waals surface area contributed by atoms with Crippen LogP contribution in [0.3, 0.4) is 0 Å². The van der Waals surface area contributed by atoms with Gasteiger partial charge in [-0.05, 0) is 47.0 Å². The number of hydrogen-bond donors (Lipinski definition) is 2. The number of nitrogens with one attached hydrogen (secondary N) is 1. The Morgan fingerprint density at radius 1 is 0.964 bits per heavy atom. The summed E-state index contributed by atoms with van der Waals surface area (Å²) >= 11 is 0. The SMILES string of the molecule is N#Cc1ccc(CNC(=O)c2ccccc2-c2ccc(S(N)(=O)=O)cc2)cc1. The van der Waals surface area contributed by atoms with Crippen LogP contribution in [-0.2, 0) is 16.6 Å². The zero-order chi connectivity index (χ0) is 20.1. The maximum atomic E-state index is 12.7. The number of sulfonamides is 1. The van der Waals surface area contributed by atoms with Crippen molar-refractivity contribution in [2.45, 2.75) is 11.4 Å². The quantitative estimate of drug-likeness (QED) is 0.696. The van der Waals surface area contributed by atoms with Crippen molar-refractivity contribution in [2.75, 3.05) is 0 Å². The minimum Gasteiger partial charge on any atom is -0.348 e. The molecule has 0 saturated heterocycles. The van der Waals surface area contributed by atoms with Crippen LogP contribution in [0.25, 0.3) is 11.1 Å². The molecule has 3 rings (SSSR count). The summed E-state index contributed by atoms with van der Waals surface area (Å²) < 4.78 is 22.8. The molecule has 0 heterocycles. The van der Waals surface area contributed by atoms with Crippen molar-refractivity contribution < 1.29 is 13.2 Å². The van der Waals surface area contributed by atoms with Gasteiger partial charge in [0.05, 0.1) is 16.5 Å². The number of nitriles is 1. The van der Waals surface area contributed by atoms with Gasteiger partial charge in [-0.15, -0.1) is 0 Å². The zero-order valence-electron chi connectivity index (χ0n) is 14.8. The van der Waals surface area contributed by atoms with Gasteiger partial charge in [0.1, 0.15) is 0 Å². The van der Waals surface area contributed by atoms with Crippen LogP contribution in [-0.4, -0.2) is 14.3 Å². The van der Waals surface area contributed by atoms with Crippen LogP contribution in [0.15, 0.2) is 77.7 Å². The Morgan fingerprint density at radius 3 is 2.21 bits per heavy atom. The number of nitrogens with two attached hydrogens (primary N) is 1. The molecule has 0 aliphatic rings. The second-order valence-corrected chi connectivity index (χ2v) is 7.67. The molecular weight excluding hydrogens is 374 g/mol. The van der Waals surface area contributed by atoms with E-state index in [0.717, 1.165) is 5.56 Å². The van der Waals surface area contributed by atoms with Crippen molar-refractivity contribution in [3.05, 3.63) is 89.5 Å². The number of hydrogen-bond acceptors (Lipinski definition) is 4. The van der Waals surface area contributed by atoms with E-state index in [1.54, 1.807) is 60.7 Å². The molecule has 3 aromatic rings. The van der Waals surface area contributed by atoms with Gasteiger partial charge in [0.25, 0.3) is 5.91 Å². The highest BCUT2D eigenvalue weighted by Crippen LogP contribution is 2.25. The molecule has 0 aliphatic heterocycles. The average Bonchev–Trinajstić information content (AvgIpc) is 2.72. The molecule has 0 radical (unpaired) electrons. The Morgan fingerprint density at radius 2 is 1.61 bits per heavy atom. The fourth-order valence-corrected chi connectivity index (χ4v) is 3.25. The summed E-state index contributed by atoms with van der Waals surface area (Å²) in [7, 11) is -3.77. The van der Waals surface area contributed by atoms with Crippen molar-refractivity contribution in [2.24, 2.45) is 5.14 Å². The lowest BCUT2D eigenvalue weighted by Crippen LogP contribution is -2.23. The van der Waals surface area contributed by atoms with Crippen molar-refractivity contribution in [3.8, 4) is 17.2 Å². The van der Waals surface area contributed by atoms with Gasteiger partial charge in [-0.2, -0.15) is 5.26 Å². The van der Waals surface area contributed by atoms with E-state index in [-0.39, 0.29) is 10.8 Å². The van der Waals surface area contributed by atoms with Crippen LogP contribution in [0.2, 0.25) is 0 Å². The number of carbonyl (C=O) groups is 1. The zero-order valence-corrected chi connectivity index (χ0v) is 15.6. The highest BCUT2D eigenvalue weighted by molar-refractivity contribution is 7.89. The second-order valence-electron chi connectivity index (χ2n) is 6.11. The van der Waals surface area contributed by atoms with Crippen LogP contribution >= 0.6 is 0 Å². The topological polar surface area (TPSA) is 113 Å². The van der Waals surface area contributed by atoms with E-state index in [0.29, 0.717) is 28.8 Å². The van der Waals surface area contributed by atoms with E-state index in [9.17, 15) is 13.2 Å². The number of primary sulfonamides is 1. The lowest BCUT2D eigenvalue weighted by Gasteiger charge is -2.11. The fraction of sp³-hybridized carbons (Fsp3) is 0.0476. The minimum absolute atomic E-state index is 0.0130. The molecule has 0 atom stereocenters. The molecule has 140 valence electrons. The summed E-state index contributed by atoms with van der Waals surface area (Å²) in [6.45, 7) is 0.323. The second kappa shape index (κ2) is 8.05. The summed E-state index contributed by atoms with van der Waals surface area (Å²) in [5.74, 6) is -0.254. The number of carbonyl (C=O) groups excluding carboxylic acids is 1. The van der Waals surface area contributed by atoms with Gasteiger partial charge in [0.15, 0.2) is 0 Å². The van der Waals surface area contributed by atoms with Gasteiger partial charge in [0.2, 0.25) is 10.0 Å². The van der Waals surface area contributed by atoms with Gasteiger partial charge in [0, 0.05) is 12.1 Å². The first-order valence-electron chi connectivity index (χ1n) is 8.38. The number of amides is 1. The Bertz CT molecular complexity index is 1150. The number of rotatable bonds is 5. The van der Waals surface area contributed by atoms with Crippen LogP contribution in [0.1, 0.15) is 21.5 Å². The first-order chi connectivity index (χ1) is 13.4. The van der Waals surface area contributed by atoms with E-state index < -0.39 is 10.0 Å². The van der Waals surface area contributed by atoms with Crippen LogP contribution in [0, 0.1) is 11.3 Å². The summed E-state index contributed by atoms with van der Waals surface area (Å²) in [6, 6.07) is 22.2. The third-order valence-corrected chi connectivity index (χ3v) is 5.13. The lowest BCUT2D eigenvalue weighted by molar-refractivity contribution is 0.0951. The molecule has 1 amide bonds. The average molecular weight is 391 g/mol. The van der Waals surface area contributed by atoms with Crippen molar-refractivity contribution >= 4 is 15.9 Å². The monoisotopic (exact) mass is 391 g/mol. The summed E-state index contributed by atoms with van der Waals surface area (Å²) in [5.41, 5.74) is 3.29. The van der Waals surface area contributed by atoms with Crippen LogP contribution in [0.5, 0.6) is 0 Å². The molecule has 0 unspecified atom stereocenters. The van der Waals surface area contributed by atoms with E-state index in [1.165, 1.54) is 12.1 Å². The summed E-state index contributed by atoms with van der Waals surface area (Å²) in [6.07, 6.45) is 0. The predicted molar refractivity (Wildman–Crippen MR) is 106 cm³/mol. The molecular formula is C21H17N3O3S. The van der Waals surface area contributed by atoms with Gasteiger partial charge in [-0.1, -0.05) is 42.5 Å². The Labute approximate surface area is 163 Å². The molecule has 0 saturated carbocycles. The van der Waals surface area contributed by atoms with E-state index >= 15 is 0 Å². The van der Waals surface area contributed by atoms with E-state index in [2.05, 4.69) is 11.4 Å². The molecule has 0 fully saturated rings.